The van der Waals surface area contributed by atoms with E-state index in [0.29, 0.717) is 45.1 Å². The molecular formula is C21H29F3N2O4S. The lowest BCUT2D eigenvalue weighted by atomic mass is 9.82. The quantitative estimate of drug-likeness (QED) is 0.660. The van der Waals surface area contributed by atoms with Gasteiger partial charge in [0, 0.05) is 25.1 Å². The number of hydrogen-bond donors (Lipinski definition) is 1. The van der Waals surface area contributed by atoms with Crippen molar-refractivity contribution in [2.75, 3.05) is 19.4 Å². The number of likely N-dealkylation sites (tertiary alicyclic amines) is 1. The Morgan fingerprint density at radius 1 is 1.13 bits per heavy atom. The molecule has 1 aliphatic carbocycles. The zero-order chi connectivity index (χ0) is 22.8. The van der Waals surface area contributed by atoms with Crippen LogP contribution in [0.1, 0.15) is 56.9 Å². The second-order valence-corrected chi connectivity index (χ2v) is 10.3. The average Bonchev–Trinajstić information content (AvgIpc) is 2.69. The first-order valence-corrected chi connectivity index (χ1v) is 12.5. The van der Waals surface area contributed by atoms with Crippen LogP contribution in [0.4, 0.5) is 13.2 Å². The van der Waals surface area contributed by atoms with Gasteiger partial charge in [-0.05, 0) is 56.6 Å². The van der Waals surface area contributed by atoms with Gasteiger partial charge in [-0.2, -0.15) is 0 Å². The number of hydrogen-bond acceptors (Lipinski definition) is 4. The Morgan fingerprint density at radius 2 is 1.77 bits per heavy atom. The monoisotopic (exact) mass is 462 g/mol. The summed E-state index contributed by atoms with van der Waals surface area (Å²) in [5, 5.41) is 0. The minimum absolute atomic E-state index is 0.144. The Balaban J connectivity index is 1.61. The highest BCUT2D eigenvalue weighted by Crippen LogP contribution is 2.37. The summed E-state index contributed by atoms with van der Waals surface area (Å²) in [7, 11) is -3.44. The van der Waals surface area contributed by atoms with Crippen molar-refractivity contribution in [3.05, 3.63) is 35.1 Å². The van der Waals surface area contributed by atoms with Crippen LogP contribution in [0.15, 0.2) is 12.1 Å². The molecule has 0 unspecified atom stereocenters. The molecule has 0 radical (unpaired) electrons. The van der Waals surface area contributed by atoms with Crippen molar-refractivity contribution in [1.29, 1.82) is 0 Å². The number of ether oxygens (including phenoxy) is 1. The molecule has 1 aromatic rings. The van der Waals surface area contributed by atoms with E-state index >= 15 is 0 Å². The van der Waals surface area contributed by atoms with Crippen LogP contribution in [0, 0.1) is 17.5 Å². The summed E-state index contributed by atoms with van der Waals surface area (Å²) in [5.74, 6) is -3.48. The van der Waals surface area contributed by atoms with Gasteiger partial charge in [0.2, 0.25) is 15.9 Å². The number of nitrogens with one attached hydrogen (secondary N) is 1. The third-order valence-electron chi connectivity index (χ3n) is 6.21. The van der Waals surface area contributed by atoms with Crippen molar-refractivity contribution in [2.45, 2.75) is 69.6 Å². The van der Waals surface area contributed by atoms with Crippen molar-refractivity contribution < 1.29 is 31.1 Å². The maximum absolute atomic E-state index is 14.1. The Bertz CT molecular complexity index is 904. The molecule has 2 atom stereocenters. The van der Waals surface area contributed by atoms with Crippen LogP contribution >= 0.6 is 0 Å². The third-order valence-corrected chi connectivity index (χ3v) is 6.94. The van der Waals surface area contributed by atoms with Gasteiger partial charge < -0.3 is 9.64 Å². The number of halogens is 3. The van der Waals surface area contributed by atoms with E-state index in [-0.39, 0.29) is 24.2 Å². The zero-order valence-corrected chi connectivity index (χ0v) is 18.6. The molecule has 174 valence electrons. The van der Waals surface area contributed by atoms with Gasteiger partial charge in [0.25, 0.3) is 0 Å². The van der Waals surface area contributed by atoms with E-state index in [1.54, 1.807) is 4.90 Å². The van der Waals surface area contributed by atoms with Crippen molar-refractivity contribution >= 4 is 15.9 Å². The molecule has 1 aromatic carbocycles. The maximum atomic E-state index is 14.1. The first-order valence-electron chi connectivity index (χ1n) is 10.6. The molecule has 2 aliphatic rings. The highest BCUT2D eigenvalue weighted by Gasteiger charge is 2.36. The minimum Gasteiger partial charge on any atom is -0.376 e. The summed E-state index contributed by atoms with van der Waals surface area (Å²) in [5.41, 5.74) is -0.203. The lowest BCUT2D eigenvalue weighted by Gasteiger charge is -2.41. The van der Waals surface area contributed by atoms with Crippen LogP contribution in [0.3, 0.4) is 0 Å². The number of carbonyl (C=O) groups excluding carboxylic acids is 1. The molecule has 0 spiro atoms. The number of nitrogens with zero attached hydrogens (tertiary/aromatic N) is 1. The summed E-state index contributed by atoms with van der Waals surface area (Å²) in [6.07, 6.45) is 4.19. The summed E-state index contributed by atoms with van der Waals surface area (Å²) >= 11 is 0. The number of piperidine rings is 1. The predicted molar refractivity (Wildman–Crippen MR) is 109 cm³/mol. The first-order chi connectivity index (χ1) is 14.6. The standard InChI is InChI=1S/C21H29F3N2O4S/c1-13(27)26-11-3-4-18(25-31(2,28)29)19(26)12-30-15-7-5-14(6-8-15)20-16(22)9-10-17(23)21(20)24/h9-10,14-15,18-19,25H,3-8,11-12H2,1-2H3/t14?,15?,18-,19-/m0/s1. The summed E-state index contributed by atoms with van der Waals surface area (Å²) in [6.45, 7) is 2.16. The van der Waals surface area contributed by atoms with Crippen molar-refractivity contribution in [2.24, 2.45) is 0 Å². The Morgan fingerprint density at radius 3 is 2.39 bits per heavy atom. The molecule has 2 fully saturated rings. The van der Waals surface area contributed by atoms with E-state index in [1.807, 2.05) is 0 Å². The molecule has 1 saturated heterocycles. The van der Waals surface area contributed by atoms with E-state index in [0.717, 1.165) is 18.4 Å². The zero-order valence-electron chi connectivity index (χ0n) is 17.7. The van der Waals surface area contributed by atoms with Crippen LogP contribution in [0.5, 0.6) is 0 Å². The van der Waals surface area contributed by atoms with Gasteiger partial charge in [-0.1, -0.05) is 0 Å². The fourth-order valence-electron chi connectivity index (χ4n) is 4.74. The molecule has 0 aromatic heterocycles. The second kappa shape index (κ2) is 9.87. The molecule has 1 aliphatic heterocycles. The molecule has 1 heterocycles. The Hall–Kier alpha value is -1.65. The Kier molecular flexibility index (Phi) is 7.64. The van der Waals surface area contributed by atoms with Crippen molar-refractivity contribution in [1.82, 2.24) is 9.62 Å². The summed E-state index contributed by atoms with van der Waals surface area (Å²) in [4.78, 5) is 13.7. The Labute approximate surface area is 181 Å². The molecule has 0 bridgehead atoms. The fourth-order valence-corrected chi connectivity index (χ4v) is 5.56. The van der Waals surface area contributed by atoms with Crippen LogP contribution < -0.4 is 4.72 Å². The van der Waals surface area contributed by atoms with Crippen LogP contribution in [-0.4, -0.2) is 56.8 Å². The highest BCUT2D eigenvalue weighted by atomic mass is 32.2. The molecule has 1 amide bonds. The van der Waals surface area contributed by atoms with Gasteiger partial charge >= 0.3 is 0 Å². The number of benzene rings is 1. The van der Waals surface area contributed by atoms with Gasteiger partial charge in [0.1, 0.15) is 5.82 Å². The SMILES string of the molecule is CC(=O)N1CCC[C@H](NS(C)(=O)=O)[C@@H]1COC1CCC(c2c(F)ccc(F)c2F)CC1. The molecular weight excluding hydrogens is 433 g/mol. The van der Waals surface area contributed by atoms with Gasteiger partial charge in [-0.3, -0.25) is 4.79 Å². The molecule has 31 heavy (non-hydrogen) atoms. The van der Waals surface area contributed by atoms with Gasteiger partial charge in [-0.25, -0.2) is 26.3 Å². The smallest absolute Gasteiger partial charge is 0.219 e. The van der Waals surface area contributed by atoms with E-state index in [1.165, 1.54) is 6.92 Å². The topological polar surface area (TPSA) is 75.7 Å². The highest BCUT2D eigenvalue weighted by molar-refractivity contribution is 7.88. The third kappa shape index (κ3) is 5.98. The number of sulfonamides is 1. The maximum Gasteiger partial charge on any atom is 0.219 e. The molecule has 1 N–H and O–H groups in total. The first kappa shape index (κ1) is 24.0. The number of rotatable bonds is 6. The summed E-state index contributed by atoms with van der Waals surface area (Å²) in [6, 6.07) is 0.885. The number of amides is 1. The van der Waals surface area contributed by atoms with Crippen LogP contribution in [0.2, 0.25) is 0 Å². The minimum atomic E-state index is -3.44. The molecule has 6 nitrogen and oxygen atoms in total. The van der Waals surface area contributed by atoms with E-state index in [2.05, 4.69) is 4.72 Å². The van der Waals surface area contributed by atoms with Gasteiger partial charge in [0.15, 0.2) is 11.6 Å². The van der Waals surface area contributed by atoms with Crippen molar-refractivity contribution in [3.63, 3.8) is 0 Å². The predicted octanol–water partition coefficient (Wildman–Crippen LogP) is 3.08. The number of carbonyl (C=O) groups is 1. The fraction of sp³-hybridized carbons (Fsp3) is 0.667. The van der Waals surface area contributed by atoms with E-state index in [4.69, 9.17) is 4.74 Å². The van der Waals surface area contributed by atoms with Gasteiger partial charge in [-0.15, -0.1) is 0 Å². The molecule has 10 heteroatoms. The summed E-state index contributed by atoms with van der Waals surface area (Å²) < 4.78 is 73.8. The molecule has 3 rings (SSSR count). The van der Waals surface area contributed by atoms with Crippen LogP contribution in [-0.2, 0) is 19.6 Å². The average molecular weight is 463 g/mol. The lowest BCUT2D eigenvalue weighted by Crippen LogP contribution is -2.58. The van der Waals surface area contributed by atoms with Gasteiger partial charge in [0.05, 0.1) is 25.0 Å². The van der Waals surface area contributed by atoms with Crippen molar-refractivity contribution in [3.8, 4) is 0 Å². The molecule has 1 saturated carbocycles. The largest absolute Gasteiger partial charge is 0.376 e. The lowest BCUT2D eigenvalue weighted by molar-refractivity contribution is -0.136. The van der Waals surface area contributed by atoms with E-state index in [9.17, 15) is 26.4 Å². The van der Waals surface area contributed by atoms with E-state index < -0.39 is 45.5 Å². The van der Waals surface area contributed by atoms with Crippen LogP contribution in [0.25, 0.3) is 0 Å². The second-order valence-electron chi connectivity index (χ2n) is 8.48. The normalized spacial score (nSPS) is 27.3.